The van der Waals surface area contributed by atoms with Crippen molar-refractivity contribution in [2.24, 2.45) is 17.6 Å². The van der Waals surface area contributed by atoms with Crippen LogP contribution in [0.25, 0.3) is 0 Å². The summed E-state index contributed by atoms with van der Waals surface area (Å²) in [6.45, 7) is 6.26. The van der Waals surface area contributed by atoms with Gasteiger partial charge in [0.1, 0.15) is 0 Å². The maximum Gasteiger partial charge on any atom is 0.220 e. The van der Waals surface area contributed by atoms with Crippen LogP contribution in [0, 0.1) is 18.8 Å². The fourth-order valence-electron chi connectivity index (χ4n) is 3.16. The van der Waals surface area contributed by atoms with E-state index in [9.17, 15) is 4.79 Å². The van der Waals surface area contributed by atoms with Gasteiger partial charge in [0.15, 0.2) is 0 Å². The van der Waals surface area contributed by atoms with Crippen LogP contribution in [0.3, 0.4) is 0 Å². The van der Waals surface area contributed by atoms with Gasteiger partial charge in [-0.1, -0.05) is 26.3 Å². The minimum absolute atomic E-state index is 0.0312. The Hall–Kier alpha value is -1.42. The van der Waals surface area contributed by atoms with Crippen LogP contribution >= 0.6 is 0 Å². The number of nitrogens with one attached hydrogen (secondary N) is 1. The third-order valence-corrected chi connectivity index (χ3v) is 4.49. The lowest BCUT2D eigenvalue weighted by Crippen LogP contribution is -2.36. The van der Waals surface area contributed by atoms with Crippen LogP contribution in [-0.4, -0.2) is 16.9 Å². The average molecular weight is 289 g/mol. The van der Waals surface area contributed by atoms with Gasteiger partial charge < -0.3 is 11.1 Å². The Morgan fingerprint density at radius 3 is 2.81 bits per heavy atom. The molecular formula is C17H27N3O. The van der Waals surface area contributed by atoms with Gasteiger partial charge in [0.2, 0.25) is 5.91 Å². The third-order valence-electron chi connectivity index (χ3n) is 4.49. The second-order valence-corrected chi connectivity index (χ2v) is 6.55. The minimum atomic E-state index is -0.0312. The molecule has 1 unspecified atom stereocenters. The summed E-state index contributed by atoms with van der Waals surface area (Å²) in [6.07, 6.45) is 5.59. The molecule has 21 heavy (non-hydrogen) atoms. The standard InChI is InChI=1S/C17H27N3O/c1-11(2)16(17-12(3)6-5-9-19-17)20-15(21)10-13-7-4-8-14(13)18/h5-6,9,11,13-14,16H,4,7-8,10,18H2,1-3H3,(H,20,21)/t13-,14+,16?/m0/s1. The maximum atomic E-state index is 12.3. The van der Waals surface area contributed by atoms with E-state index in [-0.39, 0.29) is 18.0 Å². The second kappa shape index (κ2) is 7.03. The summed E-state index contributed by atoms with van der Waals surface area (Å²) in [6, 6.07) is 4.12. The van der Waals surface area contributed by atoms with Crippen molar-refractivity contribution in [1.29, 1.82) is 0 Å². The zero-order valence-corrected chi connectivity index (χ0v) is 13.3. The average Bonchev–Trinajstić information content (AvgIpc) is 2.82. The molecule has 1 fully saturated rings. The number of nitrogens with zero attached hydrogens (tertiary/aromatic N) is 1. The van der Waals surface area contributed by atoms with E-state index in [0.717, 1.165) is 30.5 Å². The van der Waals surface area contributed by atoms with E-state index < -0.39 is 0 Å². The van der Waals surface area contributed by atoms with Crippen molar-refractivity contribution in [3.63, 3.8) is 0 Å². The Labute approximate surface area is 127 Å². The van der Waals surface area contributed by atoms with Crippen LogP contribution in [0.15, 0.2) is 18.3 Å². The van der Waals surface area contributed by atoms with Crippen molar-refractivity contribution < 1.29 is 4.79 Å². The van der Waals surface area contributed by atoms with Gasteiger partial charge in [0.25, 0.3) is 0 Å². The molecule has 0 aliphatic heterocycles. The highest BCUT2D eigenvalue weighted by Gasteiger charge is 2.28. The molecule has 1 aromatic heterocycles. The van der Waals surface area contributed by atoms with Crippen molar-refractivity contribution in [2.75, 3.05) is 0 Å². The molecule has 1 aliphatic rings. The van der Waals surface area contributed by atoms with Crippen molar-refractivity contribution in [2.45, 2.75) is 58.5 Å². The van der Waals surface area contributed by atoms with Gasteiger partial charge in [-0.2, -0.15) is 0 Å². The Bertz CT molecular complexity index is 487. The lowest BCUT2D eigenvalue weighted by atomic mass is 9.95. The lowest BCUT2D eigenvalue weighted by Gasteiger charge is -2.24. The molecule has 0 spiro atoms. The molecule has 1 amide bonds. The van der Waals surface area contributed by atoms with Crippen LogP contribution in [0.2, 0.25) is 0 Å². The number of carbonyl (C=O) groups is 1. The van der Waals surface area contributed by atoms with E-state index in [1.165, 1.54) is 0 Å². The second-order valence-electron chi connectivity index (χ2n) is 6.55. The molecule has 3 N–H and O–H groups in total. The zero-order chi connectivity index (χ0) is 15.4. The van der Waals surface area contributed by atoms with Crippen LogP contribution in [0.4, 0.5) is 0 Å². The van der Waals surface area contributed by atoms with Crippen LogP contribution < -0.4 is 11.1 Å². The van der Waals surface area contributed by atoms with E-state index in [1.807, 2.05) is 19.1 Å². The molecule has 3 atom stereocenters. The first-order valence-corrected chi connectivity index (χ1v) is 7.95. The van der Waals surface area contributed by atoms with Crippen LogP contribution in [-0.2, 0) is 4.79 Å². The number of nitrogens with two attached hydrogens (primary N) is 1. The highest BCUT2D eigenvalue weighted by Crippen LogP contribution is 2.28. The predicted octanol–water partition coefficient (Wildman–Crippen LogP) is 2.72. The van der Waals surface area contributed by atoms with Crippen molar-refractivity contribution in [3.05, 3.63) is 29.6 Å². The summed E-state index contributed by atoms with van der Waals surface area (Å²) in [7, 11) is 0. The molecule has 0 radical (unpaired) electrons. The molecule has 0 bridgehead atoms. The summed E-state index contributed by atoms with van der Waals surface area (Å²) < 4.78 is 0. The fraction of sp³-hybridized carbons (Fsp3) is 0.647. The smallest absolute Gasteiger partial charge is 0.220 e. The molecule has 2 rings (SSSR count). The van der Waals surface area contributed by atoms with E-state index in [0.29, 0.717) is 18.3 Å². The third kappa shape index (κ3) is 4.03. The van der Waals surface area contributed by atoms with Gasteiger partial charge >= 0.3 is 0 Å². The maximum absolute atomic E-state index is 12.3. The summed E-state index contributed by atoms with van der Waals surface area (Å²) in [5, 5.41) is 3.16. The van der Waals surface area contributed by atoms with E-state index in [1.54, 1.807) is 6.20 Å². The number of pyridine rings is 1. The molecule has 1 saturated carbocycles. The topological polar surface area (TPSA) is 68.0 Å². The lowest BCUT2D eigenvalue weighted by molar-refractivity contribution is -0.123. The minimum Gasteiger partial charge on any atom is -0.347 e. The molecule has 4 heteroatoms. The zero-order valence-electron chi connectivity index (χ0n) is 13.3. The number of amides is 1. The number of rotatable bonds is 5. The summed E-state index contributed by atoms with van der Waals surface area (Å²) in [5.74, 6) is 0.739. The molecular weight excluding hydrogens is 262 g/mol. The molecule has 116 valence electrons. The normalized spacial score (nSPS) is 23.3. The van der Waals surface area contributed by atoms with E-state index in [2.05, 4.69) is 24.1 Å². The Kier molecular flexibility index (Phi) is 5.34. The quantitative estimate of drug-likeness (QED) is 0.875. The largest absolute Gasteiger partial charge is 0.347 e. The molecule has 1 heterocycles. The van der Waals surface area contributed by atoms with E-state index >= 15 is 0 Å². The summed E-state index contributed by atoms with van der Waals surface area (Å²) in [4.78, 5) is 16.8. The fourth-order valence-corrected chi connectivity index (χ4v) is 3.16. The predicted molar refractivity (Wildman–Crippen MR) is 84.6 cm³/mol. The SMILES string of the molecule is Cc1cccnc1C(NC(=O)C[C@@H]1CCC[C@H]1N)C(C)C. The highest BCUT2D eigenvalue weighted by atomic mass is 16.1. The van der Waals surface area contributed by atoms with Crippen LogP contribution in [0.1, 0.15) is 56.8 Å². The van der Waals surface area contributed by atoms with Gasteiger partial charge in [-0.3, -0.25) is 9.78 Å². The van der Waals surface area contributed by atoms with Gasteiger partial charge in [-0.15, -0.1) is 0 Å². The first kappa shape index (κ1) is 16.0. The first-order valence-electron chi connectivity index (χ1n) is 7.95. The molecule has 1 aliphatic carbocycles. The van der Waals surface area contributed by atoms with Crippen molar-refractivity contribution in [1.82, 2.24) is 10.3 Å². The first-order chi connectivity index (χ1) is 9.99. The van der Waals surface area contributed by atoms with E-state index in [4.69, 9.17) is 5.73 Å². The Morgan fingerprint density at radius 1 is 1.48 bits per heavy atom. The number of aromatic nitrogens is 1. The van der Waals surface area contributed by atoms with Gasteiger partial charge in [-0.25, -0.2) is 0 Å². The molecule has 1 aromatic rings. The molecule has 0 aromatic carbocycles. The monoisotopic (exact) mass is 289 g/mol. The Balaban J connectivity index is 2.03. The molecule has 4 nitrogen and oxygen atoms in total. The number of hydrogen-bond donors (Lipinski definition) is 2. The Morgan fingerprint density at radius 2 is 2.24 bits per heavy atom. The van der Waals surface area contributed by atoms with Gasteiger partial charge in [0.05, 0.1) is 11.7 Å². The van der Waals surface area contributed by atoms with Crippen molar-refractivity contribution >= 4 is 5.91 Å². The number of aryl methyl sites for hydroxylation is 1. The highest BCUT2D eigenvalue weighted by molar-refractivity contribution is 5.76. The summed E-state index contributed by atoms with van der Waals surface area (Å²) >= 11 is 0. The number of carbonyl (C=O) groups excluding carboxylic acids is 1. The van der Waals surface area contributed by atoms with Crippen LogP contribution in [0.5, 0.6) is 0 Å². The van der Waals surface area contributed by atoms with Crippen molar-refractivity contribution in [3.8, 4) is 0 Å². The summed E-state index contributed by atoms with van der Waals surface area (Å²) in [5.41, 5.74) is 8.15. The molecule has 0 saturated heterocycles. The van der Waals surface area contributed by atoms with Gasteiger partial charge in [-0.05, 0) is 43.2 Å². The number of hydrogen-bond acceptors (Lipinski definition) is 3. The van der Waals surface area contributed by atoms with Gasteiger partial charge in [0, 0.05) is 18.7 Å².